The highest BCUT2D eigenvalue weighted by Crippen LogP contribution is 2.19. The van der Waals surface area contributed by atoms with E-state index in [0.717, 1.165) is 5.52 Å². The molecule has 2 aromatic rings. The average Bonchev–Trinajstić information content (AvgIpc) is 2.80. The summed E-state index contributed by atoms with van der Waals surface area (Å²) >= 11 is 0. The summed E-state index contributed by atoms with van der Waals surface area (Å²) in [6.45, 7) is 0.614. The number of nitrogens with one attached hydrogen (secondary N) is 2. The van der Waals surface area contributed by atoms with Gasteiger partial charge in [-0.15, -0.1) is 0 Å². The number of para-hydroxylation sites is 1. The number of nitrogens with zero attached hydrogens (tertiary/aromatic N) is 1. The van der Waals surface area contributed by atoms with Crippen LogP contribution >= 0.6 is 0 Å². The van der Waals surface area contributed by atoms with Crippen molar-refractivity contribution in [2.75, 3.05) is 0 Å². The summed E-state index contributed by atoms with van der Waals surface area (Å²) in [6, 6.07) is 8.83. The molecule has 0 radical (unpaired) electrons. The Labute approximate surface area is 106 Å². The molecule has 0 bridgehead atoms. The van der Waals surface area contributed by atoms with Gasteiger partial charge in [0.15, 0.2) is 5.96 Å². The van der Waals surface area contributed by atoms with Gasteiger partial charge in [0.2, 0.25) is 0 Å². The van der Waals surface area contributed by atoms with Gasteiger partial charge in [-0.2, -0.15) is 0 Å². The van der Waals surface area contributed by atoms with Gasteiger partial charge in [0.05, 0.1) is 12.1 Å². The van der Waals surface area contributed by atoms with Crippen molar-refractivity contribution in [1.82, 2.24) is 10.3 Å². The molecular weight excluding hydrogens is 224 g/mol. The molecule has 1 aromatic carbocycles. The topological polar surface area (TPSA) is 66.2 Å². The van der Waals surface area contributed by atoms with Gasteiger partial charge in [-0.1, -0.05) is 18.2 Å². The van der Waals surface area contributed by atoms with Gasteiger partial charge < -0.3 is 16.0 Å². The molecule has 0 atom stereocenters. The lowest BCUT2D eigenvalue weighted by molar-refractivity contribution is 0.382. The van der Waals surface area contributed by atoms with Crippen LogP contribution in [0.3, 0.4) is 0 Å². The van der Waals surface area contributed by atoms with E-state index < -0.39 is 0 Å². The maximum absolute atomic E-state index is 5.88. The van der Waals surface area contributed by atoms with E-state index in [-0.39, 0.29) is 0 Å². The highest BCUT2D eigenvalue weighted by molar-refractivity contribution is 5.83. The van der Waals surface area contributed by atoms with E-state index in [1.54, 1.807) is 0 Å². The van der Waals surface area contributed by atoms with Crippen LogP contribution in [-0.2, 0) is 6.54 Å². The third-order valence-corrected chi connectivity index (χ3v) is 3.55. The highest BCUT2D eigenvalue weighted by Gasteiger charge is 2.17. The van der Waals surface area contributed by atoms with Gasteiger partial charge in [-0.05, 0) is 36.3 Å². The Hall–Kier alpha value is -1.97. The van der Waals surface area contributed by atoms with Crippen LogP contribution in [0.4, 0.5) is 0 Å². The van der Waals surface area contributed by atoms with E-state index in [0.29, 0.717) is 18.5 Å². The Bertz CT molecular complexity index is 566. The number of rotatable bonds is 3. The maximum Gasteiger partial charge on any atom is 0.189 e. The molecule has 3 rings (SSSR count). The van der Waals surface area contributed by atoms with E-state index in [1.807, 2.05) is 6.20 Å². The summed E-state index contributed by atoms with van der Waals surface area (Å²) in [5, 5.41) is 4.46. The minimum atomic E-state index is 0.537. The zero-order chi connectivity index (χ0) is 12.4. The van der Waals surface area contributed by atoms with Gasteiger partial charge >= 0.3 is 0 Å². The fraction of sp³-hybridized carbons (Fsp3) is 0.357. The van der Waals surface area contributed by atoms with Crippen LogP contribution in [0.25, 0.3) is 10.9 Å². The summed E-state index contributed by atoms with van der Waals surface area (Å²) in [6.07, 6.45) is 5.67. The van der Waals surface area contributed by atoms with Gasteiger partial charge in [0.1, 0.15) is 0 Å². The van der Waals surface area contributed by atoms with Crippen LogP contribution in [0.5, 0.6) is 0 Å². The fourth-order valence-corrected chi connectivity index (χ4v) is 2.26. The SMILES string of the molecule is NC(=NCc1cccc2cc[nH]c12)NC1CCC1. The fourth-order valence-electron chi connectivity index (χ4n) is 2.26. The maximum atomic E-state index is 5.88. The number of H-pyrrole nitrogens is 1. The zero-order valence-electron chi connectivity index (χ0n) is 10.3. The Morgan fingerprint density at radius 3 is 3.06 bits per heavy atom. The molecule has 0 saturated heterocycles. The quantitative estimate of drug-likeness (QED) is 0.570. The smallest absolute Gasteiger partial charge is 0.189 e. The number of guanidine groups is 1. The molecule has 4 N–H and O–H groups in total. The largest absolute Gasteiger partial charge is 0.370 e. The minimum absolute atomic E-state index is 0.537. The molecule has 1 aliphatic rings. The predicted molar refractivity (Wildman–Crippen MR) is 74.4 cm³/mol. The van der Waals surface area contributed by atoms with Gasteiger partial charge in [0, 0.05) is 12.2 Å². The third-order valence-electron chi connectivity index (χ3n) is 3.55. The molecule has 1 saturated carbocycles. The minimum Gasteiger partial charge on any atom is -0.370 e. The number of aromatic amines is 1. The highest BCUT2D eigenvalue weighted by atomic mass is 15.1. The zero-order valence-corrected chi connectivity index (χ0v) is 10.3. The summed E-state index contributed by atoms with van der Waals surface area (Å²) in [4.78, 5) is 7.65. The average molecular weight is 242 g/mol. The second kappa shape index (κ2) is 4.72. The van der Waals surface area contributed by atoms with Crippen molar-refractivity contribution in [2.45, 2.75) is 31.8 Å². The molecule has 1 heterocycles. The Morgan fingerprint density at radius 1 is 1.39 bits per heavy atom. The van der Waals surface area contributed by atoms with E-state index in [2.05, 4.69) is 39.6 Å². The van der Waals surface area contributed by atoms with Gasteiger partial charge in [-0.25, -0.2) is 4.99 Å². The molecule has 94 valence electrons. The van der Waals surface area contributed by atoms with Crippen molar-refractivity contribution in [3.63, 3.8) is 0 Å². The molecule has 18 heavy (non-hydrogen) atoms. The van der Waals surface area contributed by atoms with Crippen LogP contribution in [-0.4, -0.2) is 17.0 Å². The van der Waals surface area contributed by atoms with Crippen molar-refractivity contribution in [1.29, 1.82) is 0 Å². The molecular formula is C14H18N4. The number of hydrogen-bond acceptors (Lipinski definition) is 1. The molecule has 1 fully saturated rings. The van der Waals surface area contributed by atoms with Crippen molar-refractivity contribution >= 4 is 16.9 Å². The van der Waals surface area contributed by atoms with Crippen LogP contribution < -0.4 is 11.1 Å². The second-order valence-electron chi connectivity index (χ2n) is 4.83. The van der Waals surface area contributed by atoms with Crippen LogP contribution in [0.15, 0.2) is 35.5 Å². The van der Waals surface area contributed by atoms with Crippen molar-refractivity contribution in [3.8, 4) is 0 Å². The second-order valence-corrected chi connectivity index (χ2v) is 4.83. The first-order valence-corrected chi connectivity index (χ1v) is 6.44. The molecule has 4 nitrogen and oxygen atoms in total. The predicted octanol–water partition coefficient (Wildman–Crippen LogP) is 2.12. The van der Waals surface area contributed by atoms with Crippen LogP contribution in [0.2, 0.25) is 0 Å². The Morgan fingerprint density at radius 2 is 2.28 bits per heavy atom. The number of nitrogens with two attached hydrogens (primary N) is 1. The summed E-state index contributed by atoms with van der Waals surface area (Å²) in [5.41, 5.74) is 8.21. The van der Waals surface area contributed by atoms with Crippen LogP contribution in [0.1, 0.15) is 24.8 Å². The molecule has 0 aliphatic heterocycles. The molecule has 0 amide bonds. The first kappa shape index (κ1) is 11.1. The van der Waals surface area contributed by atoms with Crippen molar-refractivity contribution in [3.05, 3.63) is 36.0 Å². The molecule has 1 aromatic heterocycles. The van der Waals surface area contributed by atoms with Crippen molar-refractivity contribution in [2.24, 2.45) is 10.7 Å². The van der Waals surface area contributed by atoms with E-state index in [9.17, 15) is 0 Å². The summed E-state index contributed by atoms with van der Waals surface area (Å²) in [7, 11) is 0. The third kappa shape index (κ3) is 2.18. The number of aromatic nitrogens is 1. The lowest BCUT2D eigenvalue weighted by Crippen LogP contribution is -2.43. The van der Waals surface area contributed by atoms with Crippen molar-refractivity contribution < 1.29 is 0 Å². The van der Waals surface area contributed by atoms with Gasteiger partial charge in [-0.3, -0.25) is 0 Å². The lowest BCUT2D eigenvalue weighted by atomic mass is 9.93. The molecule has 1 aliphatic carbocycles. The lowest BCUT2D eigenvalue weighted by Gasteiger charge is -2.26. The van der Waals surface area contributed by atoms with Crippen LogP contribution in [0, 0.1) is 0 Å². The molecule has 0 spiro atoms. The monoisotopic (exact) mass is 242 g/mol. The Kier molecular flexibility index (Phi) is 2.92. The first-order chi connectivity index (χ1) is 8.83. The Balaban J connectivity index is 1.71. The summed E-state index contributed by atoms with van der Waals surface area (Å²) < 4.78 is 0. The summed E-state index contributed by atoms with van der Waals surface area (Å²) in [5.74, 6) is 0.559. The number of benzene rings is 1. The standard InChI is InChI=1S/C14H18N4/c15-14(18-12-5-2-6-12)17-9-11-4-1-3-10-7-8-16-13(10)11/h1,3-4,7-8,12,16H,2,5-6,9H2,(H3,15,17,18). The number of aliphatic imine (C=N–C) groups is 1. The van der Waals surface area contributed by atoms with Gasteiger partial charge in [0.25, 0.3) is 0 Å². The normalized spacial score (nSPS) is 16.8. The number of fused-ring (bicyclic) bond motifs is 1. The number of hydrogen-bond donors (Lipinski definition) is 3. The molecule has 4 heteroatoms. The van der Waals surface area contributed by atoms with E-state index in [1.165, 1.54) is 30.2 Å². The van der Waals surface area contributed by atoms with E-state index >= 15 is 0 Å². The molecule has 0 unspecified atom stereocenters. The first-order valence-electron chi connectivity index (χ1n) is 6.44. The van der Waals surface area contributed by atoms with E-state index in [4.69, 9.17) is 5.73 Å².